The molecule has 0 radical (unpaired) electrons. The van der Waals surface area contributed by atoms with E-state index in [4.69, 9.17) is 5.26 Å². The number of aliphatic hydroxyl groups excluding tert-OH is 1. The van der Waals surface area contributed by atoms with Gasteiger partial charge >= 0.3 is 0 Å². The lowest BCUT2D eigenvalue weighted by Crippen LogP contribution is -2.04. The van der Waals surface area contributed by atoms with Crippen molar-refractivity contribution in [2.75, 3.05) is 0 Å². The van der Waals surface area contributed by atoms with E-state index < -0.39 is 0 Å². The van der Waals surface area contributed by atoms with Gasteiger partial charge in [0.05, 0.1) is 10.2 Å². The van der Waals surface area contributed by atoms with Crippen LogP contribution in [0, 0.1) is 22.7 Å². The summed E-state index contributed by atoms with van der Waals surface area (Å²) < 4.78 is 2.23. The van der Waals surface area contributed by atoms with Gasteiger partial charge in [0.25, 0.3) is 5.82 Å². The van der Waals surface area contributed by atoms with E-state index in [1.54, 1.807) is 6.07 Å². The highest BCUT2D eigenvalue weighted by Crippen LogP contribution is 2.28. The van der Waals surface area contributed by atoms with Crippen LogP contribution in [0.1, 0.15) is 10.8 Å². The molecule has 0 atom stereocenters. The van der Waals surface area contributed by atoms with E-state index in [-0.39, 0.29) is 23.7 Å². The second-order valence-corrected chi connectivity index (χ2v) is 5.33. The van der Waals surface area contributed by atoms with Gasteiger partial charge in [0.1, 0.15) is 41.4 Å². The number of benzene rings is 1. The zero-order valence-electron chi connectivity index (χ0n) is 11.1. The first-order valence-electron chi connectivity index (χ1n) is 6.19. The minimum Gasteiger partial charge on any atom is -0.509 e. The van der Waals surface area contributed by atoms with Gasteiger partial charge in [-0.15, -0.1) is 16.4 Å². The monoisotopic (exact) mass is 308 g/mol. The molecule has 0 saturated heterocycles. The Kier molecular flexibility index (Phi) is 3.52. The average molecular weight is 308 g/mol. The highest BCUT2D eigenvalue weighted by Gasteiger charge is 2.14. The predicted molar refractivity (Wildman–Crippen MR) is 79.5 cm³/mol. The fraction of sp³-hybridized carbons (Fsp3) is 0.0714. The highest BCUT2D eigenvalue weighted by atomic mass is 32.1. The van der Waals surface area contributed by atoms with Gasteiger partial charge in [0, 0.05) is 0 Å². The topological polar surface area (TPSA) is 111 Å². The normalized spacial score (nSPS) is 11.7. The summed E-state index contributed by atoms with van der Waals surface area (Å²) in [6.45, 7) is -0.0481. The lowest BCUT2D eigenvalue weighted by Gasteiger charge is -2.01. The molecule has 0 spiro atoms. The van der Waals surface area contributed by atoms with Crippen LogP contribution in [-0.2, 0) is 6.54 Å². The zero-order chi connectivity index (χ0) is 15.5. The van der Waals surface area contributed by atoms with E-state index >= 15 is 0 Å². The standard InChI is InChI=1S/C14H8N6OS/c15-5-9(11(21)7-20-8-17-13(6-16)19-20)14-18-10-3-1-2-4-12(10)22-14/h1-4,8,21H,7H2/b11-9-. The summed E-state index contributed by atoms with van der Waals surface area (Å²) in [6.07, 6.45) is 1.32. The molecule has 106 valence electrons. The van der Waals surface area contributed by atoms with Gasteiger partial charge in [-0.25, -0.2) is 14.6 Å². The van der Waals surface area contributed by atoms with Gasteiger partial charge in [-0.05, 0) is 12.1 Å². The molecule has 7 nitrogen and oxygen atoms in total. The fourth-order valence-corrected chi connectivity index (χ4v) is 2.85. The van der Waals surface area contributed by atoms with Crippen LogP contribution in [0.25, 0.3) is 15.8 Å². The first kappa shape index (κ1) is 13.7. The van der Waals surface area contributed by atoms with Gasteiger partial charge in [0.2, 0.25) is 0 Å². The Morgan fingerprint density at radius 3 is 2.82 bits per heavy atom. The third-order valence-corrected chi connectivity index (χ3v) is 3.91. The molecule has 3 aromatic rings. The smallest absolute Gasteiger partial charge is 0.252 e. The molecule has 1 aromatic carbocycles. The molecule has 0 fully saturated rings. The Hall–Kier alpha value is -3.23. The number of rotatable bonds is 3. The number of hydrogen-bond donors (Lipinski definition) is 1. The molecule has 0 aliphatic carbocycles. The van der Waals surface area contributed by atoms with Crippen molar-refractivity contribution in [2.45, 2.75) is 6.54 Å². The summed E-state index contributed by atoms with van der Waals surface area (Å²) in [4.78, 5) is 8.09. The van der Waals surface area contributed by atoms with E-state index in [9.17, 15) is 10.4 Å². The van der Waals surface area contributed by atoms with Crippen LogP contribution in [0.3, 0.4) is 0 Å². The summed E-state index contributed by atoms with van der Waals surface area (Å²) in [5.74, 6) is -0.165. The lowest BCUT2D eigenvalue weighted by atomic mass is 10.2. The van der Waals surface area contributed by atoms with Crippen LogP contribution in [0.2, 0.25) is 0 Å². The molecule has 0 bridgehead atoms. The van der Waals surface area contributed by atoms with Gasteiger partial charge < -0.3 is 5.11 Å². The molecule has 0 aliphatic rings. The summed E-state index contributed by atoms with van der Waals surface area (Å²) >= 11 is 1.33. The summed E-state index contributed by atoms with van der Waals surface area (Å²) in [5, 5.41) is 32.4. The maximum atomic E-state index is 10.2. The number of aromatic nitrogens is 4. The Bertz CT molecular complexity index is 923. The van der Waals surface area contributed by atoms with Crippen molar-refractivity contribution < 1.29 is 5.11 Å². The molecular weight excluding hydrogens is 300 g/mol. The van der Waals surface area contributed by atoms with Crippen molar-refractivity contribution in [1.29, 1.82) is 10.5 Å². The van der Waals surface area contributed by atoms with Crippen molar-refractivity contribution in [3.8, 4) is 12.1 Å². The molecule has 1 N–H and O–H groups in total. The number of aliphatic hydroxyl groups is 1. The predicted octanol–water partition coefficient (Wildman–Crippen LogP) is 2.25. The van der Waals surface area contributed by atoms with E-state index in [2.05, 4.69) is 15.1 Å². The molecule has 3 rings (SSSR count). The van der Waals surface area contributed by atoms with Crippen molar-refractivity contribution in [1.82, 2.24) is 19.7 Å². The van der Waals surface area contributed by atoms with Crippen LogP contribution in [0.15, 0.2) is 36.4 Å². The number of nitriles is 2. The molecule has 2 heterocycles. The van der Waals surface area contributed by atoms with Crippen molar-refractivity contribution in [2.24, 2.45) is 0 Å². The number of thiazole rings is 1. The maximum absolute atomic E-state index is 10.2. The molecule has 8 heteroatoms. The number of fused-ring (bicyclic) bond motifs is 1. The van der Waals surface area contributed by atoms with E-state index in [1.807, 2.05) is 30.3 Å². The number of hydrogen-bond acceptors (Lipinski definition) is 7. The van der Waals surface area contributed by atoms with Crippen molar-refractivity contribution >= 4 is 27.1 Å². The lowest BCUT2D eigenvalue weighted by molar-refractivity contribution is 0.371. The molecule has 0 amide bonds. The minimum atomic E-state index is -0.170. The highest BCUT2D eigenvalue weighted by molar-refractivity contribution is 7.19. The van der Waals surface area contributed by atoms with Crippen molar-refractivity contribution in [3.05, 3.63) is 47.2 Å². The Morgan fingerprint density at radius 2 is 2.14 bits per heavy atom. The second-order valence-electron chi connectivity index (χ2n) is 4.30. The van der Waals surface area contributed by atoms with Gasteiger partial charge in [-0.2, -0.15) is 10.5 Å². The van der Waals surface area contributed by atoms with Gasteiger partial charge in [0.15, 0.2) is 0 Å². The first-order chi connectivity index (χ1) is 10.7. The number of allylic oxidation sites excluding steroid dienone is 2. The quantitative estimate of drug-likeness (QED) is 0.586. The molecule has 2 aromatic heterocycles. The second kappa shape index (κ2) is 5.64. The third-order valence-electron chi connectivity index (χ3n) is 2.86. The van der Waals surface area contributed by atoms with Crippen LogP contribution in [0.5, 0.6) is 0 Å². The van der Waals surface area contributed by atoms with Crippen molar-refractivity contribution in [3.63, 3.8) is 0 Å². The summed E-state index contributed by atoms with van der Waals surface area (Å²) in [7, 11) is 0. The van der Waals surface area contributed by atoms with Gasteiger partial charge in [-0.1, -0.05) is 12.1 Å². The van der Waals surface area contributed by atoms with E-state index in [0.717, 1.165) is 10.2 Å². The number of nitrogens with zero attached hydrogens (tertiary/aromatic N) is 6. The Labute approximate surface area is 129 Å². The minimum absolute atomic E-state index is 0.00583. The molecular formula is C14H8N6OS. The zero-order valence-corrected chi connectivity index (χ0v) is 11.9. The van der Waals surface area contributed by atoms with Crippen LogP contribution in [0.4, 0.5) is 0 Å². The Balaban J connectivity index is 1.97. The molecule has 0 aliphatic heterocycles. The largest absolute Gasteiger partial charge is 0.509 e. The van der Waals surface area contributed by atoms with Gasteiger partial charge in [-0.3, -0.25) is 0 Å². The number of para-hydroxylation sites is 1. The Morgan fingerprint density at radius 1 is 1.32 bits per heavy atom. The molecule has 0 saturated carbocycles. The summed E-state index contributed by atoms with van der Waals surface area (Å²) in [5.41, 5.74) is 0.866. The van der Waals surface area contributed by atoms with Crippen LogP contribution in [-0.4, -0.2) is 24.9 Å². The fourth-order valence-electron chi connectivity index (χ4n) is 1.87. The summed E-state index contributed by atoms with van der Waals surface area (Å²) in [6, 6.07) is 11.3. The maximum Gasteiger partial charge on any atom is 0.252 e. The SMILES string of the molecule is N#C/C(=C(/O)Cn1cnc(C#N)n1)c1nc2ccccc2s1. The molecule has 22 heavy (non-hydrogen) atoms. The first-order valence-corrected chi connectivity index (χ1v) is 7.00. The molecule has 0 unspecified atom stereocenters. The average Bonchev–Trinajstić information content (AvgIpc) is 3.14. The van der Waals surface area contributed by atoms with Crippen LogP contribution < -0.4 is 0 Å². The third kappa shape index (κ3) is 2.51. The van der Waals surface area contributed by atoms with E-state index in [0.29, 0.717) is 5.01 Å². The van der Waals surface area contributed by atoms with Crippen LogP contribution >= 0.6 is 11.3 Å². The van der Waals surface area contributed by atoms with E-state index in [1.165, 1.54) is 22.3 Å².